The average Bonchev–Trinajstić information content (AvgIpc) is 3.18. The average molecular weight is 412 g/mol. The third-order valence-corrected chi connectivity index (χ3v) is 5.32. The lowest BCUT2D eigenvalue weighted by molar-refractivity contribution is -0.139. The fourth-order valence-electron chi connectivity index (χ4n) is 3.86. The standard InChI is InChI=1S/C22H28N4O4/c1-13-17(14(2)24-23-13)20(27)18-19(15-8-6-9-16(12-15)30-5)26(22(29)21(18)28)11-7-10-25(3)4/h6,8-9,12,19,27H,7,10-11H2,1-5H3,(H,23,24). The molecule has 1 aliphatic rings. The Bertz CT molecular complexity index is 973. The van der Waals surface area contributed by atoms with Crippen LogP contribution in [0.25, 0.3) is 5.76 Å². The summed E-state index contributed by atoms with van der Waals surface area (Å²) in [5, 5.41) is 18.1. The maximum absolute atomic E-state index is 13.0. The number of aliphatic hydroxyl groups excluding tert-OH is 1. The third-order valence-electron chi connectivity index (χ3n) is 5.32. The number of likely N-dealkylation sites (tertiary alicyclic amines) is 1. The van der Waals surface area contributed by atoms with Gasteiger partial charge in [-0.3, -0.25) is 14.7 Å². The first-order chi connectivity index (χ1) is 14.3. The Kier molecular flexibility index (Phi) is 6.26. The first-order valence-electron chi connectivity index (χ1n) is 9.85. The Morgan fingerprint density at radius 3 is 2.63 bits per heavy atom. The zero-order valence-corrected chi connectivity index (χ0v) is 18.0. The number of aliphatic hydroxyl groups is 1. The number of Topliss-reactive ketones (excluding diaryl/α,β-unsaturated/α-hetero) is 1. The number of hydrogen-bond acceptors (Lipinski definition) is 6. The lowest BCUT2D eigenvalue weighted by Gasteiger charge is -2.26. The molecule has 1 atom stereocenters. The molecule has 0 saturated carbocycles. The number of methoxy groups -OCH3 is 1. The van der Waals surface area contributed by atoms with Gasteiger partial charge in [0.05, 0.1) is 30.0 Å². The number of carbonyl (C=O) groups is 2. The fraction of sp³-hybridized carbons (Fsp3) is 0.409. The van der Waals surface area contributed by atoms with E-state index < -0.39 is 17.7 Å². The maximum atomic E-state index is 13.0. The summed E-state index contributed by atoms with van der Waals surface area (Å²) in [6.07, 6.45) is 0.699. The van der Waals surface area contributed by atoms with Crippen LogP contribution in [0, 0.1) is 13.8 Å². The van der Waals surface area contributed by atoms with Crippen molar-refractivity contribution < 1.29 is 19.4 Å². The number of nitrogens with one attached hydrogen (secondary N) is 1. The third kappa shape index (κ3) is 3.95. The minimum atomic E-state index is -0.698. The quantitative estimate of drug-likeness (QED) is 0.412. The monoisotopic (exact) mass is 412 g/mol. The van der Waals surface area contributed by atoms with E-state index in [9.17, 15) is 14.7 Å². The summed E-state index contributed by atoms with van der Waals surface area (Å²) in [5.41, 5.74) is 2.43. The van der Waals surface area contributed by atoms with Crippen molar-refractivity contribution in [1.82, 2.24) is 20.0 Å². The van der Waals surface area contributed by atoms with Crippen molar-refractivity contribution in [3.63, 3.8) is 0 Å². The molecule has 1 saturated heterocycles. The molecule has 0 bridgehead atoms. The molecule has 1 aromatic carbocycles. The van der Waals surface area contributed by atoms with Gasteiger partial charge in [-0.25, -0.2) is 0 Å². The van der Waals surface area contributed by atoms with Gasteiger partial charge < -0.3 is 19.6 Å². The highest BCUT2D eigenvalue weighted by Gasteiger charge is 2.46. The van der Waals surface area contributed by atoms with E-state index >= 15 is 0 Å². The van der Waals surface area contributed by atoms with Crippen molar-refractivity contribution >= 4 is 17.4 Å². The number of rotatable bonds is 7. The van der Waals surface area contributed by atoms with E-state index in [2.05, 4.69) is 10.2 Å². The molecule has 0 radical (unpaired) electrons. The van der Waals surface area contributed by atoms with Crippen LogP contribution in [0.2, 0.25) is 0 Å². The molecule has 1 amide bonds. The van der Waals surface area contributed by atoms with Crippen LogP contribution in [-0.2, 0) is 9.59 Å². The Labute approximate surface area is 176 Å². The van der Waals surface area contributed by atoms with Gasteiger partial charge in [-0.2, -0.15) is 5.10 Å². The van der Waals surface area contributed by atoms with E-state index in [4.69, 9.17) is 4.74 Å². The molecular weight excluding hydrogens is 384 g/mol. The number of amides is 1. The van der Waals surface area contributed by atoms with E-state index in [0.29, 0.717) is 41.2 Å². The van der Waals surface area contributed by atoms with Gasteiger partial charge in [0.2, 0.25) is 0 Å². The molecule has 3 rings (SSSR count). The zero-order chi connectivity index (χ0) is 22.0. The van der Waals surface area contributed by atoms with Crippen molar-refractivity contribution in [3.8, 4) is 5.75 Å². The smallest absolute Gasteiger partial charge is 0.295 e. The summed E-state index contributed by atoms with van der Waals surface area (Å²) in [6, 6.07) is 6.53. The van der Waals surface area contributed by atoms with Crippen molar-refractivity contribution in [1.29, 1.82) is 0 Å². The molecule has 0 aliphatic carbocycles. The summed E-state index contributed by atoms with van der Waals surface area (Å²) in [6.45, 7) is 4.67. The van der Waals surface area contributed by atoms with Crippen LogP contribution in [0.3, 0.4) is 0 Å². The van der Waals surface area contributed by atoms with Crippen LogP contribution in [-0.4, -0.2) is 71.1 Å². The highest BCUT2D eigenvalue weighted by Crippen LogP contribution is 2.41. The topological polar surface area (TPSA) is 98.8 Å². The van der Waals surface area contributed by atoms with Crippen LogP contribution in [0.1, 0.15) is 35.0 Å². The van der Waals surface area contributed by atoms with Gasteiger partial charge in [-0.05, 0) is 58.6 Å². The van der Waals surface area contributed by atoms with Crippen LogP contribution in [0.15, 0.2) is 29.8 Å². The first-order valence-corrected chi connectivity index (χ1v) is 9.85. The van der Waals surface area contributed by atoms with E-state index in [-0.39, 0.29) is 11.3 Å². The SMILES string of the molecule is COc1cccc(C2C(=C(O)c3c(C)n[nH]c3C)C(=O)C(=O)N2CCCN(C)C)c1. The summed E-state index contributed by atoms with van der Waals surface area (Å²) >= 11 is 0. The molecule has 1 aliphatic heterocycles. The second-order valence-electron chi connectivity index (χ2n) is 7.73. The predicted octanol–water partition coefficient (Wildman–Crippen LogP) is 2.41. The van der Waals surface area contributed by atoms with Crippen LogP contribution in [0.5, 0.6) is 5.75 Å². The minimum Gasteiger partial charge on any atom is -0.507 e. The Hall–Kier alpha value is -3.13. The molecule has 1 fully saturated rings. The van der Waals surface area contributed by atoms with Gasteiger partial charge in [0.25, 0.3) is 11.7 Å². The fourth-order valence-corrected chi connectivity index (χ4v) is 3.86. The van der Waals surface area contributed by atoms with Gasteiger partial charge in [-0.15, -0.1) is 0 Å². The number of nitrogens with zero attached hydrogens (tertiary/aromatic N) is 3. The highest BCUT2D eigenvalue weighted by atomic mass is 16.5. The number of H-pyrrole nitrogens is 1. The lowest BCUT2D eigenvalue weighted by Crippen LogP contribution is -2.32. The van der Waals surface area contributed by atoms with E-state index in [1.165, 1.54) is 4.90 Å². The van der Waals surface area contributed by atoms with Gasteiger partial charge in [0.15, 0.2) is 0 Å². The van der Waals surface area contributed by atoms with Crippen molar-refractivity contribution in [2.24, 2.45) is 0 Å². The number of benzene rings is 1. The molecule has 8 nitrogen and oxygen atoms in total. The number of ketones is 1. The number of hydrogen-bond donors (Lipinski definition) is 2. The van der Waals surface area contributed by atoms with Crippen LogP contribution in [0.4, 0.5) is 0 Å². The number of aromatic nitrogens is 2. The maximum Gasteiger partial charge on any atom is 0.295 e. The van der Waals surface area contributed by atoms with E-state index in [0.717, 1.165) is 6.54 Å². The van der Waals surface area contributed by atoms with Gasteiger partial charge in [0.1, 0.15) is 11.5 Å². The van der Waals surface area contributed by atoms with E-state index in [1.807, 2.05) is 31.1 Å². The molecule has 8 heteroatoms. The second kappa shape index (κ2) is 8.71. The van der Waals surface area contributed by atoms with Crippen LogP contribution < -0.4 is 4.74 Å². The van der Waals surface area contributed by atoms with Gasteiger partial charge >= 0.3 is 0 Å². The molecule has 30 heavy (non-hydrogen) atoms. The number of aromatic amines is 1. The summed E-state index contributed by atoms with van der Waals surface area (Å²) in [5.74, 6) is -0.894. The summed E-state index contributed by atoms with van der Waals surface area (Å²) in [4.78, 5) is 29.5. The molecule has 160 valence electrons. The Balaban J connectivity index is 2.14. The molecule has 2 heterocycles. The minimum absolute atomic E-state index is 0.0747. The predicted molar refractivity (Wildman–Crippen MR) is 113 cm³/mol. The Morgan fingerprint density at radius 2 is 2.03 bits per heavy atom. The summed E-state index contributed by atoms with van der Waals surface area (Å²) < 4.78 is 5.33. The number of aryl methyl sites for hydroxylation is 2. The Morgan fingerprint density at radius 1 is 1.30 bits per heavy atom. The molecule has 1 unspecified atom stereocenters. The number of carbonyl (C=O) groups excluding carboxylic acids is 2. The van der Waals surface area contributed by atoms with Crippen molar-refractivity contribution in [2.75, 3.05) is 34.3 Å². The zero-order valence-electron chi connectivity index (χ0n) is 18.0. The largest absolute Gasteiger partial charge is 0.507 e. The molecular formula is C22H28N4O4. The van der Waals surface area contributed by atoms with Crippen molar-refractivity contribution in [3.05, 3.63) is 52.4 Å². The van der Waals surface area contributed by atoms with Gasteiger partial charge in [0, 0.05) is 12.2 Å². The van der Waals surface area contributed by atoms with Crippen LogP contribution >= 0.6 is 0 Å². The second-order valence-corrected chi connectivity index (χ2v) is 7.73. The normalized spacial score (nSPS) is 18.5. The highest BCUT2D eigenvalue weighted by molar-refractivity contribution is 6.46. The van der Waals surface area contributed by atoms with Gasteiger partial charge in [-0.1, -0.05) is 12.1 Å². The molecule has 1 aromatic heterocycles. The summed E-state index contributed by atoms with van der Waals surface area (Å²) in [7, 11) is 5.47. The molecule has 2 N–H and O–H groups in total. The lowest BCUT2D eigenvalue weighted by atomic mass is 9.94. The first kappa shape index (κ1) is 21.6. The van der Waals surface area contributed by atoms with Crippen molar-refractivity contribution in [2.45, 2.75) is 26.3 Å². The molecule has 0 spiro atoms. The molecule has 2 aromatic rings. The number of ether oxygens (including phenoxy) is 1. The van der Waals surface area contributed by atoms with E-state index in [1.54, 1.807) is 33.1 Å².